The molecule has 0 atom stereocenters. The fourth-order valence-corrected chi connectivity index (χ4v) is 6.41. The lowest BCUT2D eigenvalue weighted by molar-refractivity contribution is 0.179. The van der Waals surface area contributed by atoms with Gasteiger partial charge in [-0.1, -0.05) is 60.7 Å². The molecule has 3 aromatic rings. The Hall–Kier alpha value is -2.50. The molecule has 0 bridgehead atoms. The van der Waals surface area contributed by atoms with Crippen molar-refractivity contribution >= 4 is 29.8 Å². The zero-order chi connectivity index (χ0) is 26.9. The van der Waals surface area contributed by atoms with Gasteiger partial charge in [-0.05, 0) is 29.3 Å². The van der Waals surface area contributed by atoms with Crippen LogP contribution in [0, 0.1) is 5.82 Å². The summed E-state index contributed by atoms with van der Waals surface area (Å²) in [6.45, 7) is 2.62. The van der Waals surface area contributed by atoms with E-state index in [2.05, 4.69) is 4.90 Å². The van der Waals surface area contributed by atoms with Crippen molar-refractivity contribution in [3.8, 4) is 5.75 Å². The van der Waals surface area contributed by atoms with Crippen molar-refractivity contribution in [2.75, 3.05) is 33.3 Å². The van der Waals surface area contributed by atoms with Crippen LogP contribution in [0.3, 0.4) is 0 Å². The molecule has 1 heterocycles. The lowest BCUT2D eigenvalue weighted by Gasteiger charge is -2.34. The van der Waals surface area contributed by atoms with Gasteiger partial charge in [-0.15, -0.1) is 0 Å². The van der Waals surface area contributed by atoms with Crippen molar-refractivity contribution in [3.05, 3.63) is 101 Å². The molecular formula is C26H30ClFN2O5S2. The van der Waals surface area contributed by atoms with Crippen molar-refractivity contribution in [3.63, 3.8) is 0 Å². The molecule has 3 aromatic carbocycles. The highest BCUT2D eigenvalue weighted by Crippen LogP contribution is 2.22. The van der Waals surface area contributed by atoms with Crippen LogP contribution in [0.2, 0.25) is 0 Å². The number of hydrogen-bond acceptors (Lipinski definition) is 6. The van der Waals surface area contributed by atoms with E-state index in [1.807, 2.05) is 36.4 Å². The summed E-state index contributed by atoms with van der Waals surface area (Å²) in [6, 6.07) is 22.5. The SMILES string of the molecule is COc1ccc(F)cc1CN1CCN(S(=O)(=O)Cc2ccccc2)CC1.O=S(=O)(Cl)Cc1ccccc1. The lowest BCUT2D eigenvalue weighted by Crippen LogP contribution is -2.48. The number of sulfonamides is 1. The van der Waals surface area contributed by atoms with Gasteiger partial charge in [-0.25, -0.2) is 21.2 Å². The second-order valence-corrected chi connectivity index (χ2v) is 13.3. The molecule has 0 unspecified atom stereocenters. The molecule has 1 saturated heterocycles. The average molecular weight is 569 g/mol. The van der Waals surface area contributed by atoms with Gasteiger partial charge >= 0.3 is 0 Å². The van der Waals surface area contributed by atoms with Crippen LogP contribution < -0.4 is 4.74 Å². The van der Waals surface area contributed by atoms with Crippen LogP contribution in [0.25, 0.3) is 0 Å². The molecule has 0 aliphatic carbocycles. The van der Waals surface area contributed by atoms with E-state index in [0.717, 1.165) is 11.1 Å². The monoisotopic (exact) mass is 568 g/mol. The van der Waals surface area contributed by atoms with Gasteiger partial charge in [0.05, 0.1) is 18.6 Å². The number of methoxy groups -OCH3 is 1. The van der Waals surface area contributed by atoms with E-state index in [0.29, 0.717) is 44.0 Å². The predicted molar refractivity (Wildman–Crippen MR) is 144 cm³/mol. The summed E-state index contributed by atoms with van der Waals surface area (Å²) < 4.78 is 66.7. The van der Waals surface area contributed by atoms with Crippen molar-refractivity contribution in [2.45, 2.75) is 18.1 Å². The molecule has 0 aromatic heterocycles. The molecule has 0 spiro atoms. The first-order valence-electron chi connectivity index (χ1n) is 11.6. The third-order valence-electron chi connectivity index (χ3n) is 5.73. The Morgan fingerprint density at radius 1 is 0.811 bits per heavy atom. The summed E-state index contributed by atoms with van der Waals surface area (Å²) in [5.41, 5.74) is 2.27. The highest BCUT2D eigenvalue weighted by atomic mass is 35.7. The Balaban J connectivity index is 0.000000289. The minimum atomic E-state index is -3.40. The van der Waals surface area contributed by atoms with Crippen LogP contribution in [0.15, 0.2) is 78.9 Å². The Labute approximate surface area is 222 Å². The number of piperazine rings is 1. The quantitative estimate of drug-likeness (QED) is 0.378. The van der Waals surface area contributed by atoms with Crippen molar-refractivity contribution in [1.29, 1.82) is 0 Å². The second-order valence-electron chi connectivity index (χ2n) is 8.54. The number of nitrogens with zero attached hydrogens (tertiary/aromatic N) is 2. The number of ether oxygens (including phenoxy) is 1. The van der Waals surface area contributed by atoms with E-state index in [1.54, 1.807) is 41.7 Å². The fraction of sp³-hybridized carbons (Fsp3) is 0.308. The largest absolute Gasteiger partial charge is 0.496 e. The van der Waals surface area contributed by atoms with E-state index >= 15 is 0 Å². The second kappa shape index (κ2) is 13.3. The molecule has 1 aliphatic heterocycles. The summed E-state index contributed by atoms with van der Waals surface area (Å²) in [5.74, 6) is 0.261. The molecule has 200 valence electrons. The Morgan fingerprint density at radius 3 is 1.86 bits per heavy atom. The molecule has 0 radical (unpaired) electrons. The minimum absolute atomic E-state index is 0.0194. The summed E-state index contributed by atoms with van der Waals surface area (Å²) in [5, 5.41) is 0. The van der Waals surface area contributed by atoms with Crippen LogP contribution >= 0.6 is 10.7 Å². The normalized spacial score (nSPS) is 15.0. The van der Waals surface area contributed by atoms with Crippen LogP contribution in [0.4, 0.5) is 4.39 Å². The molecule has 0 saturated carbocycles. The Morgan fingerprint density at radius 2 is 1.35 bits per heavy atom. The van der Waals surface area contributed by atoms with Gasteiger partial charge in [0.15, 0.2) is 0 Å². The summed E-state index contributed by atoms with van der Waals surface area (Å²) in [7, 11) is -0.135. The average Bonchev–Trinajstić information content (AvgIpc) is 2.85. The van der Waals surface area contributed by atoms with E-state index in [9.17, 15) is 21.2 Å². The lowest BCUT2D eigenvalue weighted by atomic mass is 10.1. The first kappa shape index (κ1) is 29.1. The Kier molecular flexibility index (Phi) is 10.5. The number of halogens is 2. The van der Waals surface area contributed by atoms with Gasteiger partial charge in [0, 0.05) is 49.0 Å². The molecule has 11 heteroatoms. The third kappa shape index (κ3) is 9.71. The maximum atomic E-state index is 13.5. The van der Waals surface area contributed by atoms with Crippen LogP contribution in [0.1, 0.15) is 16.7 Å². The number of rotatable bonds is 8. The molecule has 0 amide bonds. The third-order valence-corrected chi connectivity index (χ3v) is 8.59. The highest BCUT2D eigenvalue weighted by Gasteiger charge is 2.27. The fourth-order valence-electron chi connectivity index (χ4n) is 3.93. The predicted octanol–water partition coefficient (Wildman–Crippen LogP) is 4.24. The van der Waals surface area contributed by atoms with Gasteiger partial charge in [0.1, 0.15) is 11.6 Å². The topological polar surface area (TPSA) is 84.0 Å². The van der Waals surface area contributed by atoms with E-state index in [1.165, 1.54) is 12.1 Å². The van der Waals surface area contributed by atoms with Gasteiger partial charge in [0.25, 0.3) is 0 Å². The maximum Gasteiger partial charge on any atom is 0.236 e. The van der Waals surface area contributed by atoms with Crippen molar-refractivity contribution < 1.29 is 26.0 Å². The smallest absolute Gasteiger partial charge is 0.236 e. The molecule has 4 rings (SSSR count). The van der Waals surface area contributed by atoms with Crippen molar-refractivity contribution in [2.24, 2.45) is 0 Å². The van der Waals surface area contributed by atoms with Gasteiger partial charge in [-0.3, -0.25) is 4.90 Å². The zero-order valence-corrected chi connectivity index (χ0v) is 22.9. The van der Waals surface area contributed by atoms with E-state index in [-0.39, 0.29) is 17.3 Å². The van der Waals surface area contributed by atoms with E-state index < -0.39 is 19.1 Å². The summed E-state index contributed by atoms with van der Waals surface area (Å²) in [6.07, 6.45) is 0. The first-order chi connectivity index (χ1) is 17.6. The first-order valence-corrected chi connectivity index (χ1v) is 15.7. The van der Waals surface area contributed by atoms with Gasteiger partial charge in [-0.2, -0.15) is 4.31 Å². The standard InChI is InChI=1S/C19H23FN2O3S.C7H7ClO2S/c1-25-19-8-7-18(20)13-17(19)14-21-9-11-22(12-10-21)26(23,24)15-16-5-3-2-4-6-16;8-11(9,10)6-7-4-2-1-3-5-7/h2-8,13H,9-12,14-15H2,1H3;1-5H,6H2. The van der Waals surface area contributed by atoms with Gasteiger partial charge in [0.2, 0.25) is 19.1 Å². The van der Waals surface area contributed by atoms with Crippen LogP contribution in [-0.2, 0) is 37.1 Å². The zero-order valence-electron chi connectivity index (χ0n) is 20.5. The molecule has 7 nitrogen and oxygen atoms in total. The molecule has 1 aliphatic rings. The number of benzene rings is 3. The maximum absolute atomic E-state index is 13.5. The molecule has 37 heavy (non-hydrogen) atoms. The molecular weight excluding hydrogens is 539 g/mol. The summed E-state index contributed by atoms with van der Waals surface area (Å²) >= 11 is 0. The van der Waals surface area contributed by atoms with Crippen LogP contribution in [0.5, 0.6) is 5.75 Å². The molecule has 0 N–H and O–H groups in total. The summed E-state index contributed by atoms with van der Waals surface area (Å²) in [4.78, 5) is 2.12. The molecule has 1 fully saturated rings. The van der Waals surface area contributed by atoms with E-state index in [4.69, 9.17) is 15.4 Å². The van der Waals surface area contributed by atoms with Gasteiger partial charge < -0.3 is 4.74 Å². The minimum Gasteiger partial charge on any atom is -0.496 e. The number of hydrogen-bond donors (Lipinski definition) is 0. The Bertz CT molecular complexity index is 1350. The van der Waals surface area contributed by atoms with Crippen molar-refractivity contribution in [1.82, 2.24) is 9.21 Å². The highest BCUT2D eigenvalue weighted by molar-refractivity contribution is 8.13. The van der Waals surface area contributed by atoms with Crippen LogP contribution in [-0.4, -0.2) is 59.3 Å².